The number of non-ortho nitro benzene ring substituents is 1. The van der Waals surface area contributed by atoms with E-state index in [4.69, 9.17) is 23.8 Å². The number of nitro benzene ring substituents is 1. The summed E-state index contributed by atoms with van der Waals surface area (Å²) >= 11 is 12.4. The van der Waals surface area contributed by atoms with Crippen molar-refractivity contribution >= 4 is 67.5 Å². The number of anilines is 1. The predicted molar refractivity (Wildman–Crippen MR) is 105 cm³/mol. The summed E-state index contributed by atoms with van der Waals surface area (Å²) in [7, 11) is 0. The lowest BCUT2D eigenvalue weighted by Crippen LogP contribution is -2.23. The number of halogens is 1. The Morgan fingerprint density at radius 2 is 2.16 bits per heavy atom. The van der Waals surface area contributed by atoms with E-state index < -0.39 is 4.92 Å². The summed E-state index contributed by atoms with van der Waals surface area (Å²) in [4.78, 5) is 14.7. The maximum absolute atomic E-state index is 10.8. The van der Waals surface area contributed by atoms with Crippen LogP contribution >= 0.6 is 35.2 Å². The van der Waals surface area contributed by atoms with Crippen molar-refractivity contribution in [3.63, 3.8) is 0 Å². The summed E-state index contributed by atoms with van der Waals surface area (Å²) in [6.07, 6.45) is 1.55. The first-order chi connectivity index (χ1) is 12.0. The first-order valence-corrected chi connectivity index (χ1v) is 8.53. The topological polar surface area (TPSA) is 92.5 Å². The molecule has 0 aliphatic heterocycles. The zero-order valence-corrected chi connectivity index (χ0v) is 14.9. The number of nitro groups is 1. The van der Waals surface area contributed by atoms with Gasteiger partial charge in [-0.15, -0.1) is 0 Å². The van der Waals surface area contributed by atoms with E-state index in [0.717, 1.165) is 5.56 Å². The number of thiazole rings is 1. The van der Waals surface area contributed by atoms with Gasteiger partial charge in [0.15, 0.2) is 10.2 Å². The van der Waals surface area contributed by atoms with Gasteiger partial charge in [0.1, 0.15) is 0 Å². The van der Waals surface area contributed by atoms with Gasteiger partial charge >= 0.3 is 0 Å². The molecule has 3 rings (SSSR count). The molecule has 1 heterocycles. The molecule has 0 aliphatic rings. The molecule has 2 N–H and O–H groups in total. The molecule has 0 saturated carbocycles. The quantitative estimate of drug-likeness (QED) is 0.300. The number of hydrazone groups is 1. The number of benzene rings is 2. The number of aromatic nitrogens is 1. The number of rotatable bonds is 4. The number of nitrogens with one attached hydrogen (secondary N) is 2. The van der Waals surface area contributed by atoms with Crippen molar-refractivity contribution in [2.45, 2.75) is 0 Å². The molecule has 0 radical (unpaired) electrons. The van der Waals surface area contributed by atoms with Gasteiger partial charge in [0.2, 0.25) is 0 Å². The summed E-state index contributed by atoms with van der Waals surface area (Å²) in [6, 6.07) is 11.8. The molecule has 25 heavy (non-hydrogen) atoms. The Morgan fingerprint density at radius 3 is 2.92 bits per heavy atom. The van der Waals surface area contributed by atoms with Crippen molar-refractivity contribution in [2.24, 2.45) is 5.10 Å². The highest BCUT2D eigenvalue weighted by molar-refractivity contribution is 7.80. The second-order valence-electron chi connectivity index (χ2n) is 4.77. The predicted octanol–water partition coefficient (Wildman–Crippen LogP) is 4.18. The molecule has 0 aliphatic carbocycles. The minimum atomic E-state index is -0.443. The molecule has 0 saturated heterocycles. The molecule has 10 heteroatoms. The fraction of sp³-hybridized carbons (Fsp3) is 0. The van der Waals surface area contributed by atoms with Crippen LogP contribution in [0.25, 0.3) is 10.2 Å². The molecule has 3 aromatic rings. The lowest BCUT2D eigenvalue weighted by molar-refractivity contribution is -0.384. The minimum Gasteiger partial charge on any atom is -0.307 e. The number of hydrogen-bond acceptors (Lipinski definition) is 6. The summed E-state index contributed by atoms with van der Waals surface area (Å²) in [5.74, 6) is 0. The Balaban J connectivity index is 1.65. The lowest BCUT2D eigenvalue weighted by atomic mass is 10.2. The smallest absolute Gasteiger partial charge is 0.270 e. The monoisotopic (exact) mass is 391 g/mol. The Hall–Kier alpha value is -2.62. The number of nitrogens with zero attached hydrogens (tertiary/aromatic N) is 3. The summed E-state index contributed by atoms with van der Waals surface area (Å²) in [5, 5.41) is 19.1. The number of hydrogen-bond donors (Lipinski definition) is 2. The Kier molecular flexibility index (Phi) is 5.17. The zero-order valence-electron chi connectivity index (χ0n) is 12.5. The Bertz CT molecular complexity index is 989. The van der Waals surface area contributed by atoms with Crippen LogP contribution in [0.2, 0.25) is 5.02 Å². The average Bonchev–Trinajstić information content (AvgIpc) is 2.97. The third kappa shape index (κ3) is 4.27. The van der Waals surface area contributed by atoms with Crippen molar-refractivity contribution in [1.82, 2.24) is 10.4 Å². The van der Waals surface area contributed by atoms with Gasteiger partial charge in [-0.05, 0) is 24.4 Å². The van der Waals surface area contributed by atoms with Crippen LogP contribution in [-0.2, 0) is 0 Å². The van der Waals surface area contributed by atoms with Gasteiger partial charge in [-0.1, -0.05) is 41.1 Å². The van der Waals surface area contributed by atoms with E-state index in [9.17, 15) is 10.1 Å². The van der Waals surface area contributed by atoms with Crippen LogP contribution < -0.4 is 10.7 Å². The second kappa shape index (κ2) is 7.51. The number of thiocarbonyl (C=S) groups is 1. The summed E-state index contributed by atoms with van der Waals surface area (Å²) < 4.78 is 0.694. The van der Waals surface area contributed by atoms with Gasteiger partial charge in [-0.25, -0.2) is 4.98 Å². The zero-order chi connectivity index (χ0) is 17.8. The lowest BCUT2D eigenvalue weighted by Gasteiger charge is -2.03. The maximum atomic E-state index is 10.8. The van der Waals surface area contributed by atoms with Crippen LogP contribution in [0.15, 0.2) is 47.6 Å². The molecule has 0 unspecified atom stereocenters. The molecule has 126 valence electrons. The average molecular weight is 392 g/mol. The van der Waals surface area contributed by atoms with Crippen molar-refractivity contribution in [3.05, 3.63) is 63.2 Å². The van der Waals surface area contributed by atoms with Crippen LogP contribution in [0.5, 0.6) is 0 Å². The van der Waals surface area contributed by atoms with Crippen LogP contribution in [0.1, 0.15) is 5.56 Å². The van der Waals surface area contributed by atoms with Crippen molar-refractivity contribution < 1.29 is 4.92 Å². The van der Waals surface area contributed by atoms with Gasteiger partial charge in [-0.3, -0.25) is 15.5 Å². The first kappa shape index (κ1) is 17.2. The first-order valence-electron chi connectivity index (χ1n) is 6.92. The molecular weight excluding hydrogens is 382 g/mol. The van der Waals surface area contributed by atoms with Crippen LogP contribution in [0, 0.1) is 10.1 Å². The fourth-order valence-electron chi connectivity index (χ4n) is 1.95. The van der Waals surface area contributed by atoms with Gasteiger partial charge in [0.05, 0.1) is 21.4 Å². The van der Waals surface area contributed by atoms with E-state index in [-0.39, 0.29) is 10.8 Å². The van der Waals surface area contributed by atoms with Gasteiger partial charge < -0.3 is 5.32 Å². The molecule has 2 aromatic carbocycles. The molecule has 0 spiro atoms. The van der Waals surface area contributed by atoms with E-state index in [1.165, 1.54) is 23.5 Å². The second-order valence-corrected chi connectivity index (χ2v) is 6.62. The SMILES string of the molecule is O=[N+]([O-])c1ccc2nc(NC(=S)N/N=C/c3ccccc3Cl)sc2c1. The third-order valence-corrected chi connectivity index (χ3v) is 4.55. The third-order valence-electron chi connectivity index (χ3n) is 3.08. The molecule has 1 aromatic heterocycles. The Morgan fingerprint density at radius 1 is 1.36 bits per heavy atom. The van der Waals surface area contributed by atoms with E-state index in [2.05, 4.69) is 20.8 Å². The van der Waals surface area contributed by atoms with Gasteiger partial charge in [0.25, 0.3) is 5.69 Å². The van der Waals surface area contributed by atoms with Crippen LogP contribution in [0.4, 0.5) is 10.8 Å². The maximum Gasteiger partial charge on any atom is 0.270 e. The molecular formula is C15H10ClN5O2S2. The van der Waals surface area contributed by atoms with Crippen LogP contribution in [0.3, 0.4) is 0 Å². The fourth-order valence-corrected chi connectivity index (χ4v) is 3.25. The normalized spacial score (nSPS) is 10.9. The molecule has 0 bridgehead atoms. The number of fused-ring (bicyclic) bond motifs is 1. The van der Waals surface area contributed by atoms with Crippen molar-refractivity contribution in [2.75, 3.05) is 5.32 Å². The standard InChI is InChI=1S/C15H10ClN5O2S2/c16-11-4-2-1-3-9(11)8-17-20-14(24)19-15-18-12-6-5-10(21(22)23)7-13(12)25-15/h1-8H,(H2,18,19,20,24)/b17-8+. The highest BCUT2D eigenvalue weighted by Gasteiger charge is 2.10. The van der Waals surface area contributed by atoms with Crippen molar-refractivity contribution in [1.29, 1.82) is 0 Å². The summed E-state index contributed by atoms with van der Waals surface area (Å²) in [6.45, 7) is 0. The molecule has 7 nitrogen and oxygen atoms in total. The van der Waals surface area contributed by atoms with Crippen molar-refractivity contribution in [3.8, 4) is 0 Å². The van der Waals surface area contributed by atoms with E-state index in [1.54, 1.807) is 18.3 Å². The van der Waals surface area contributed by atoms with E-state index in [1.807, 2.05) is 18.2 Å². The van der Waals surface area contributed by atoms with Gasteiger partial charge in [-0.2, -0.15) is 5.10 Å². The highest BCUT2D eigenvalue weighted by Crippen LogP contribution is 2.29. The van der Waals surface area contributed by atoms with Crippen LogP contribution in [-0.4, -0.2) is 21.2 Å². The molecule has 0 amide bonds. The van der Waals surface area contributed by atoms with E-state index >= 15 is 0 Å². The van der Waals surface area contributed by atoms with E-state index in [0.29, 0.717) is 20.4 Å². The molecule has 0 fully saturated rings. The molecule has 0 atom stereocenters. The summed E-state index contributed by atoms with van der Waals surface area (Å²) in [5.41, 5.74) is 4.10. The Labute approximate surface area is 156 Å². The largest absolute Gasteiger partial charge is 0.307 e. The van der Waals surface area contributed by atoms with Gasteiger partial charge in [0, 0.05) is 22.7 Å². The minimum absolute atomic E-state index is 0.0211. The highest BCUT2D eigenvalue weighted by atomic mass is 35.5.